The Balaban J connectivity index is 3.60. The first-order valence-electron chi connectivity index (χ1n) is 8.78. The van der Waals surface area contributed by atoms with Gasteiger partial charge >= 0.3 is 6.09 Å². The number of hydrogen-bond acceptors (Lipinski definition) is 2. The van der Waals surface area contributed by atoms with Crippen molar-refractivity contribution in [2.75, 3.05) is 13.0 Å². The number of carbonyl (C=O) groups is 1. The molecule has 1 amide bonds. The molecule has 3 heteroatoms. The molecule has 0 bridgehead atoms. The van der Waals surface area contributed by atoms with Gasteiger partial charge in [-0.3, -0.25) is 0 Å². The molecule has 0 unspecified atom stereocenters. The van der Waals surface area contributed by atoms with Crippen molar-refractivity contribution in [2.45, 2.75) is 46.0 Å². The van der Waals surface area contributed by atoms with Gasteiger partial charge in [-0.15, -0.1) is 0 Å². The fraction of sp³-hybridized carbons (Fsp3) is 0.909. The van der Waals surface area contributed by atoms with Crippen LogP contribution in [0.5, 0.6) is 0 Å². The van der Waals surface area contributed by atoms with Crippen LogP contribution < -0.4 is 0 Å². The highest BCUT2D eigenvalue weighted by molar-refractivity contribution is 5.68. The summed E-state index contributed by atoms with van der Waals surface area (Å²) in [7, 11) is 0. The number of nitrogens with zero attached hydrogens (tertiary/aromatic N) is 1. The molecule has 14 heavy (non-hydrogen) atoms. The van der Waals surface area contributed by atoms with Gasteiger partial charge in [0.25, 0.3) is 0 Å². The number of carbonyl (C=O) groups excluding carboxylic acids is 1. The van der Waals surface area contributed by atoms with E-state index in [1.807, 2.05) is 0 Å². The van der Waals surface area contributed by atoms with Crippen molar-refractivity contribution in [3.63, 3.8) is 0 Å². The standard InChI is InChI=1S/C11H21NO2/c1-9-5-7-12(8-6-9)10(13)14-11(2,3)4/h9H,5-8H2,1-4H3/i5D2,6D2,7D2,8D2,9D. The maximum atomic E-state index is 12.3. The van der Waals surface area contributed by atoms with Crippen LogP contribution in [-0.2, 0) is 4.74 Å². The highest BCUT2D eigenvalue weighted by Crippen LogP contribution is 2.18. The normalized spacial score (nSPS) is 45.7. The molecular formula is C11H21NO2. The van der Waals surface area contributed by atoms with E-state index in [9.17, 15) is 4.79 Å². The molecule has 3 nitrogen and oxygen atoms in total. The summed E-state index contributed by atoms with van der Waals surface area (Å²) < 4.78 is 75.9. The molecule has 1 aliphatic rings. The van der Waals surface area contributed by atoms with Crippen molar-refractivity contribution in [2.24, 2.45) is 5.89 Å². The Kier molecular flexibility index (Phi) is 1.21. The van der Waals surface area contributed by atoms with E-state index in [1.54, 1.807) is 0 Å². The summed E-state index contributed by atoms with van der Waals surface area (Å²) in [6.45, 7) is -1.47. The van der Waals surface area contributed by atoms with Gasteiger partial charge in [0.15, 0.2) is 0 Å². The number of likely N-dealkylation sites (tertiary alicyclic amines) is 1. The Hall–Kier alpha value is -0.730. The van der Waals surface area contributed by atoms with Crippen LogP contribution in [0.4, 0.5) is 4.79 Å². The predicted octanol–water partition coefficient (Wildman–Crippen LogP) is 2.65. The summed E-state index contributed by atoms with van der Waals surface area (Å²) in [4.78, 5) is 12.1. The summed E-state index contributed by atoms with van der Waals surface area (Å²) >= 11 is 0. The summed E-state index contributed by atoms with van der Waals surface area (Å²) in [5.74, 6) is -2.80. The van der Waals surface area contributed by atoms with Crippen LogP contribution >= 0.6 is 0 Å². The molecule has 0 aromatic rings. The number of amides is 1. The Morgan fingerprint density at radius 3 is 2.43 bits per heavy atom. The number of rotatable bonds is 0. The molecule has 1 saturated heterocycles. The van der Waals surface area contributed by atoms with Crippen LogP contribution in [0.15, 0.2) is 0 Å². The van der Waals surface area contributed by atoms with Gasteiger partial charge in [-0.1, -0.05) is 6.92 Å². The van der Waals surface area contributed by atoms with E-state index in [4.69, 9.17) is 17.1 Å². The van der Waals surface area contributed by atoms with E-state index in [-0.39, 0.29) is 4.90 Å². The van der Waals surface area contributed by atoms with Gasteiger partial charge in [-0.05, 0) is 39.4 Å². The van der Waals surface area contributed by atoms with Crippen LogP contribution in [-0.4, -0.2) is 29.6 Å². The van der Waals surface area contributed by atoms with Crippen molar-refractivity contribution in [1.29, 1.82) is 0 Å². The molecule has 0 spiro atoms. The Morgan fingerprint density at radius 1 is 1.50 bits per heavy atom. The zero-order chi connectivity index (χ0) is 18.9. The van der Waals surface area contributed by atoms with Gasteiger partial charge < -0.3 is 9.64 Å². The van der Waals surface area contributed by atoms with Crippen molar-refractivity contribution in [3.05, 3.63) is 0 Å². The minimum atomic E-state index is -3.30. The molecule has 82 valence electrons. The van der Waals surface area contributed by atoms with E-state index in [0.29, 0.717) is 0 Å². The van der Waals surface area contributed by atoms with E-state index < -0.39 is 43.3 Å². The van der Waals surface area contributed by atoms with E-state index in [2.05, 4.69) is 0 Å². The topological polar surface area (TPSA) is 29.5 Å². The highest BCUT2D eigenvalue weighted by atomic mass is 16.6. The fourth-order valence-electron chi connectivity index (χ4n) is 0.738. The van der Waals surface area contributed by atoms with Crippen molar-refractivity contribution >= 4 is 6.09 Å². The van der Waals surface area contributed by atoms with Crippen LogP contribution in [0.25, 0.3) is 0 Å². The highest BCUT2D eigenvalue weighted by Gasteiger charge is 2.24. The third-order valence-electron chi connectivity index (χ3n) is 1.29. The third-order valence-corrected chi connectivity index (χ3v) is 1.29. The second-order valence-corrected chi connectivity index (χ2v) is 3.91. The average Bonchev–Trinajstić information content (AvgIpc) is 2.22. The van der Waals surface area contributed by atoms with Crippen molar-refractivity contribution < 1.29 is 21.9 Å². The Bertz CT molecular complexity index is 480. The lowest BCUT2D eigenvalue weighted by Crippen LogP contribution is -2.41. The largest absolute Gasteiger partial charge is 0.444 e. The molecule has 0 aromatic heterocycles. The molecule has 0 N–H and O–H groups in total. The molecule has 0 saturated carbocycles. The lowest BCUT2D eigenvalue weighted by molar-refractivity contribution is 0.0190. The zero-order valence-corrected chi connectivity index (χ0v) is 8.76. The first-order chi connectivity index (χ1) is 9.75. The lowest BCUT2D eigenvalue weighted by Gasteiger charge is -2.32. The first kappa shape index (κ1) is 4.03. The van der Waals surface area contributed by atoms with Gasteiger partial charge in [0, 0.05) is 25.3 Å². The van der Waals surface area contributed by atoms with Crippen molar-refractivity contribution in [1.82, 2.24) is 4.90 Å². The van der Waals surface area contributed by atoms with Gasteiger partial charge in [-0.2, -0.15) is 0 Å². The minimum Gasteiger partial charge on any atom is -0.444 e. The lowest BCUT2D eigenvalue weighted by atomic mass is 10.00. The molecule has 1 rings (SSSR count). The van der Waals surface area contributed by atoms with Gasteiger partial charge in [0.2, 0.25) is 0 Å². The van der Waals surface area contributed by atoms with Crippen molar-refractivity contribution in [3.8, 4) is 0 Å². The third kappa shape index (κ3) is 3.56. The average molecular weight is 208 g/mol. The summed E-state index contributed by atoms with van der Waals surface area (Å²) in [5.41, 5.74) is -1.12. The number of hydrogen-bond donors (Lipinski definition) is 0. The molecule has 1 fully saturated rings. The molecular weight excluding hydrogens is 178 g/mol. The summed E-state index contributed by atoms with van der Waals surface area (Å²) in [5, 5.41) is 0. The van der Waals surface area contributed by atoms with Gasteiger partial charge in [0.05, 0.1) is 0 Å². The fourth-order valence-corrected chi connectivity index (χ4v) is 0.738. The smallest absolute Gasteiger partial charge is 0.410 e. The predicted molar refractivity (Wildman–Crippen MR) is 56.2 cm³/mol. The van der Waals surface area contributed by atoms with Gasteiger partial charge in [-0.25, -0.2) is 4.79 Å². The van der Waals surface area contributed by atoms with Crippen LogP contribution in [0.3, 0.4) is 0 Å². The zero-order valence-electron chi connectivity index (χ0n) is 17.8. The van der Waals surface area contributed by atoms with E-state index in [1.165, 1.54) is 20.8 Å². The first-order valence-corrected chi connectivity index (χ1v) is 4.28. The SMILES string of the molecule is [2H]C1([2H])N(C(=O)OC(C)(C)C)C([2H])([2H])C([2H])([2H])C([2H])(C)C1([2H])[2H]. The molecule has 0 radical (unpaired) electrons. The van der Waals surface area contributed by atoms with Crippen LogP contribution in [0, 0.1) is 5.89 Å². The summed E-state index contributed by atoms with van der Waals surface area (Å²) in [6.07, 6.45) is -7.94. The van der Waals surface area contributed by atoms with E-state index in [0.717, 1.165) is 6.92 Å². The maximum absolute atomic E-state index is 12.3. The monoisotopic (exact) mass is 208 g/mol. The van der Waals surface area contributed by atoms with E-state index >= 15 is 0 Å². The van der Waals surface area contributed by atoms with Crippen LogP contribution in [0.1, 0.15) is 52.8 Å². The molecule has 0 aliphatic carbocycles. The summed E-state index contributed by atoms with van der Waals surface area (Å²) in [6, 6.07) is 0. The number of piperidine rings is 1. The van der Waals surface area contributed by atoms with Crippen LogP contribution in [0.2, 0.25) is 0 Å². The quantitative estimate of drug-likeness (QED) is 0.612. The molecule has 1 heterocycles. The maximum Gasteiger partial charge on any atom is 0.410 e. The second kappa shape index (κ2) is 4.20. The molecule has 1 aliphatic heterocycles. The molecule has 0 aromatic carbocycles. The minimum absolute atomic E-state index is 0.207. The molecule has 0 atom stereocenters. The number of ether oxygens (including phenoxy) is 1. The second-order valence-electron chi connectivity index (χ2n) is 3.91. The Labute approximate surface area is 99.1 Å². The Morgan fingerprint density at radius 2 is 2.00 bits per heavy atom. The van der Waals surface area contributed by atoms with Gasteiger partial charge in [0.1, 0.15) is 5.60 Å².